The van der Waals surface area contributed by atoms with E-state index in [0.29, 0.717) is 43.0 Å². The molecule has 2 amide bonds. The molecule has 2 aromatic rings. The zero-order valence-corrected chi connectivity index (χ0v) is 17.9. The first kappa shape index (κ1) is 20.6. The smallest absolute Gasteiger partial charge is 0.434 e. The van der Waals surface area contributed by atoms with Gasteiger partial charge in [-0.3, -0.25) is 9.63 Å². The van der Waals surface area contributed by atoms with Crippen LogP contribution >= 0.6 is 22.7 Å². The summed E-state index contributed by atoms with van der Waals surface area (Å²) in [7, 11) is 0. The van der Waals surface area contributed by atoms with E-state index < -0.39 is 6.09 Å². The van der Waals surface area contributed by atoms with Gasteiger partial charge in [-0.1, -0.05) is 0 Å². The zero-order valence-electron chi connectivity index (χ0n) is 16.3. The van der Waals surface area contributed by atoms with Crippen LogP contribution in [0.5, 0.6) is 0 Å². The second-order valence-corrected chi connectivity index (χ2v) is 8.98. The van der Waals surface area contributed by atoms with Gasteiger partial charge >= 0.3 is 6.09 Å². The first-order chi connectivity index (χ1) is 14.6. The molecule has 3 heterocycles. The normalized spacial score (nSPS) is 18.6. The average Bonchev–Trinajstić information content (AvgIpc) is 3.39. The van der Waals surface area contributed by atoms with Crippen LogP contribution < -0.4 is 5.32 Å². The Morgan fingerprint density at radius 2 is 2.30 bits per heavy atom. The van der Waals surface area contributed by atoms with Gasteiger partial charge < -0.3 is 10.1 Å². The van der Waals surface area contributed by atoms with Crippen molar-refractivity contribution in [1.29, 1.82) is 5.26 Å². The summed E-state index contributed by atoms with van der Waals surface area (Å²) in [6.45, 7) is 1.08. The zero-order chi connectivity index (χ0) is 20.9. The molecule has 0 aromatic carbocycles. The summed E-state index contributed by atoms with van der Waals surface area (Å²) in [5, 5.41) is 18.2. The number of nitrogens with one attached hydrogen (secondary N) is 1. The van der Waals surface area contributed by atoms with Crippen molar-refractivity contribution in [1.82, 2.24) is 5.06 Å². The number of rotatable bonds is 4. The third kappa shape index (κ3) is 4.73. The lowest BCUT2D eigenvalue weighted by Crippen LogP contribution is -2.39. The van der Waals surface area contributed by atoms with Gasteiger partial charge in [0.05, 0.1) is 18.7 Å². The van der Waals surface area contributed by atoms with Crippen LogP contribution in [0.2, 0.25) is 0 Å². The van der Waals surface area contributed by atoms with Gasteiger partial charge in [0.25, 0.3) is 0 Å². The van der Waals surface area contributed by atoms with Crippen molar-refractivity contribution < 1.29 is 19.2 Å². The first-order valence-electron chi connectivity index (χ1n) is 9.81. The minimum atomic E-state index is -0.452. The molecule has 1 N–H and O–H groups in total. The number of hydroxylamine groups is 2. The number of carbonyl (C=O) groups is 2. The maximum Gasteiger partial charge on any atom is 0.434 e. The number of hydrogen-bond donors (Lipinski definition) is 1. The first-order valence-corrected chi connectivity index (χ1v) is 11.6. The van der Waals surface area contributed by atoms with Crippen molar-refractivity contribution in [3.63, 3.8) is 0 Å². The van der Waals surface area contributed by atoms with Crippen LogP contribution in [0.3, 0.4) is 0 Å². The Bertz CT molecular complexity index is 985. The van der Waals surface area contributed by atoms with E-state index in [9.17, 15) is 14.9 Å². The summed E-state index contributed by atoms with van der Waals surface area (Å²) in [5.41, 5.74) is 2.42. The quantitative estimate of drug-likeness (QED) is 0.709. The van der Waals surface area contributed by atoms with Crippen LogP contribution in [0.1, 0.15) is 40.8 Å². The average molecular weight is 444 g/mol. The van der Waals surface area contributed by atoms with E-state index in [2.05, 4.69) is 11.4 Å². The summed E-state index contributed by atoms with van der Waals surface area (Å²) in [4.78, 5) is 30.9. The summed E-state index contributed by atoms with van der Waals surface area (Å²) >= 11 is 2.94. The second kappa shape index (κ2) is 9.43. The highest BCUT2D eigenvalue weighted by atomic mass is 32.1. The van der Waals surface area contributed by atoms with Gasteiger partial charge in [0.1, 0.15) is 17.2 Å². The van der Waals surface area contributed by atoms with Crippen molar-refractivity contribution in [3.05, 3.63) is 44.5 Å². The van der Waals surface area contributed by atoms with Crippen molar-refractivity contribution in [2.24, 2.45) is 0 Å². The second-order valence-electron chi connectivity index (χ2n) is 7.09. The number of fused-ring (bicyclic) bond motifs is 1. The summed E-state index contributed by atoms with van der Waals surface area (Å²) in [6, 6.07) is 4.15. The number of nitriles is 1. The molecule has 0 radical (unpaired) electrons. The van der Waals surface area contributed by atoms with Crippen LogP contribution in [-0.2, 0) is 27.2 Å². The molecule has 7 nitrogen and oxygen atoms in total. The molecule has 1 unspecified atom stereocenters. The number of hydrogen-bond acceptors (Lipinski definition) is 7. The van der Waals surface area contributed by atoms with Crippen LogP contribution in [0.4, 0.5) is 9.80 Å². The fraction of sp³-hybridized carbons (Fsp3) is 0.381. The minimum absolute atomic E-state index is 0.261. The molecule has 1 atom stereocenters. The number of thiophene rings is 2. The van der Waals surface area contributed by atoms with Gasteiger partial charge in [-0.2, -0.15) is 21.7 Å². The molecule has 2 aromatic heterocycles. The van der Waals surface area contributed by atoms with E-state index in [1.54, 1.807) is 17.4 Å². The SMILES string of the molecule is N#Cc1c(NC(=O)C=Cc2ccsc2)sc2c1CCC(OC(=O)N1CCCCO1)C2. The topological polar surface area (TPSA) is 91.7 Å². The fourth-order valence-corrected chi connectivity index (χ4v) is 5.39. The lowest BCUT2D eigenvalue weighted by molar-refractivity contribution is -0.161. The molecule has 156 valence electrons. The van der Waals surface area contributed by atoms with Gasteiger partial charge in [0.2, 0.25) is 5.91 Å². The Hall–Kier alpha value is -2.67. The number of nitrogens with zero attached hydrogens (tertiary/aromatic N) is 2. The third-order valence-electron chi connectivity index (χ3n) is 5.01. The molecule has 30 heavy (non-hydrogen) atoms. The standard InChI is InChI=1S/C21H21N3O4S2/c22-12-17-16-5-4-15(28-21(26)24-8-1-2-9-27-24)11-18(16)30-20(17)23-19(25)6-3-14-7-10-29-13-14/h3,6-7,10,13,15H,1-2,4-5,8-9,11H2,(H,23,25). The summed E-state index contributed by atoms with van der Waals surface area (Å²) in [5.74, 6) is -0.276. The molecule has 1 fully saturated rings. The molecule has 1 saturated heterocycles. The van der Waals surface area contributed by atoms with Crippen LogP contribution in [-0.4, -0.2) is 36.3 Å². The molecule has 0 bridgehead atoms. The lowest BCUT2D eigenvalue weighted by Gasteiger charge is -2.28. The monoisotopic (exact) mass is 443 g/mol. The molecule has 1 aliphatic carbocycles. The highest BCUT2D eigenvalue weighted by Gasteiger charge is 2.30. The molecular weight excluding hydrogens is 422 g/mol. The number of amides is 2. The van der Waals surface area contributed by atoms with E-state index in [4.69, 9.17) is 9.57 Å². The van der Waals surface area contributed by atoms with Crippen LogP contribution in [0.25, 0.3) is 6.08 Å². The largest absolute Gasteiger partial charge is 0.444 e. The Morgan fingerprint density at radius 1 is 1.40 bits per heavy atom. The molecule has 2 aliphatic rings. The highest BCUT2D eigenvalue weighted by Crippen LogP contribution is 2.38. The Morgan fingerprint density at radius 3 is 3.03 bits per heavy atom. The van der Waals surface area contributed by atoms with Crippen molar-refractivity contribution in [3.8, 4) is 6.07 Å². The van der Waals surface area contributed by atoms with Crippen molar-refractivity contribution in [2.75, 3.05) is 18.5 Å². The van der Waals surface area contributed by atoms with Crippen molar-refractivity contribution >= 4 is 45.8 Å². The highest BCUT2D eigenvalue weighted by molar-refractivity contribution is 7.16. The Balaban J connectivity index is 1.41. The van der Waals surface area contributed by atoms with Gasteiger partial charge in [-0.15, -0.1) is 11.3 Å². The van der Waals surface area contributed by atoms with E-state index >= 15 is 0 Å². The number of ether oxygens (including phenoxy) is 1. The predicted octanol–water partition coefficient (Wildman–Crippen LogP) is 4.35. The predicted molar refractivity (Wildman–Crippen MR) is 115 cm³/mol. The van der Waals surface area contributed by atoms with E-state index in [-0.39, 0.29) is 12.0 Å². The number of anilines is 1. The molecule has 9 heteroatoms. The fourth-order valence-electron chi connectivity index (χ4n) is 3.50. The van der Waals surface area contributed by atoms with Gasteiger partial charge in [0.15, 0.2) is 0 Å². The Kier molecular flexibility index (Phi) is 6.47. The van der Waals surface area contributed by atoms with Gasteiger partial charge in [-0.05, 0) is 59.7 Å². The molecule has 0 spiro atoms. The Labute approximate surface area is 182 Å². The van der Waals surface area contributed by atoms with E-state index in [1.807, 2.05) is 16.8 Å². The van der Waals surface area contributed by atoms with Crippen LogP contribution in [0, 0.1) is 11.3 Å². The minimum Gasteiger partial charge on any atom is -0.444 e. The molecule has 1 aliphatic heterocycles. The third-order valence-corrected chi connectivity index (χ3v) is 6.88. The van der Waals surface area contributed by atoms with Gasteiger partial charge in [-0.25, -0.2) is 4.79 Å². The van der Waals surface area contributed by atoms with Gasteiger partial charge in [0, 0.05) is 17.4 Å². The maximum atomic E-state index is 12.3. The summed E-state index contributed by atoms with van der Waals surface area (Å²) < 4.78 is 5.62. The lowest BCUT2D eigenvalue weighted by atomic mass is 9.94. The molecular formula is C21H21N3O4S2. The number of carbonyl (C=O) groups excluding carboxylic acids is 2. The maximum absolute atomic E-state index is 12.3. The van der Waals surface area contributed by atoms with E-state index in [0.717, 1.165) is 28.8 Å². The molecule has 0 saturated carbocycles. The van der Waals surface area contributed by atoms with Crippen LogP contribution in [0.15, 0.2) is 22.9 Å². The summed E-state index contributed by atoms with van der Waals surface area (Å²) in [6.07, 6.45) is 6.15. The van der Waals surface area contributed by atoms with Crippen molar-refractivity contribution in [2.45, 2.75) is 38.2 Å². The molecule has 4 rings (SSSR count). The van der Waals surface area contributed by atoms with E-state index in [1.165, 1.54) is 22.5 Å².